The fraction of sp³-hybridized carbons (Fsp3) is 0.323. The monoisotopic (exact) mass is 691 g/mol. The summed E-state index contributed by atoms with van der Waals surface area (Å²) < 4.78 is 36.8. The Morgan fingerprint density at radius 2 is 1.73 bits per heavy atom. The molecule has 1 aliphatic heterocycles. The number of ether oxygens (including phenoxy) is 1. The number of amidine groups is 1. The summed E-state index contributed by atoms with van der Waals surface area (Å²) in [5.74, 6) is -3.41. The number of non-ortho nitro benzene ring substituents is 1. The quantitative estimate of drug-likeness (QED) is 0.0935. The average molecular weight is 692 g/mol. The first-order valence-electron chi connectivity index (χ1n) is 14.3. The van der Waals surface area contributed by atoms with Crippen molar-refractivity contribution in [2.45, 2.75) is 44.9 Å². The van der Waals surface area contributed by atoms with Crippen molar-refractivity contribution in [3.05, 3.63) is 96.7 Å². The fourth-order valence-corrected chi connectivity index (χ4v) is 5.75. The number of amides is 2. The second kappa shape index (κ2) is 16.5. The van der Waals surface area contributed by atoms with Crippen molar-refractivity contribution < 1.29 is 47.1 Å². The van der Waals surface area contributed by atoms with Crippen LogP contribution in [0.3, 0.4) is 0 Å². The molecule has 0 aliphatic carbocycles. The number of aliphatic imine (C=N–C) groups is 1. The number of carboxylic acid groups (broad SMARTS) is 1. The van der Waals surface area contributed by atoms with Crippen LogP contribution in [0.25, 0.3) is 0 Å². The number of benzene rings is 2. The van der Waals surface area contributed by atoms with Crippen LogP contribution >= 0.6 is 11.3 Å². The van der Waals surface area contributed by atoms with Crippen molar-refractivity contribution in [2.24, 2.45) is 10.7 Å². The van der Waals surface area contributed by atoms with Gasteiger partial charge in [-0.15, -0.1) is 11.3 Å². The molecule has 0 saturated heterocycles. The lowest BCUT2D eigenvalue weighted by atomic mass is 10.0. The third-order valence-corrected chi connectivity index (χ3v) is 8.21. The highest BCUT2D eigenvalue weighted by Crippen LogP contribution is 2.29. The average Bonchev–Trinajstić information content (AvgIpc) is 3.45. The number of halogens is 3. The molecule has 1 aliphatic rings. The van der Waals surface area contributed by atoms with Crippen LogP contribution in [-0.4, -0.2) is 76.9 Å². The Hall–Kier alpha value is -5.32. The lowest BCUT2D eigenvalue weighted by molar-refractivity contribution is -0.384. The number of nitro groups is 1. The van der Waals surface area contributed by atoms with Crippen molar-refractivity contribution in [2.75, 3.05) is 20.2 Å². The van der Waals surface area contributed by atoms with Gasteiger partial charge >= 0.3 is 18.1 Å². The van der Waals surface area contributed by atoms with Gasteiger partial charge in [-0.1, -0.05) is 24.3 Å². The van der Waals surface area contributed by atoms with Gasteiger partial charge in [0, 0.05) is 59.6 Å². The minimum atomic E-state index is -5.08. The number of alkyl halides is 3. The first-order chi connectivity index (χ1) is 22.6. The van der Waals surface area contributed by atoms with Gasteiger partial charge in [-0.05, 0) is 42.7 Å². The number of carbonyl (C=O) groups excluding carboxylic acids is 3. The maximum atomic E-state index is 13.8. The molecule has 0 spiro atoms. The Morgan fingerprint density at radius 3 is 2.27 bits per heavy atom. The Morgan fingerprint density at radius 1 is 1.12 bits per heavy atom. The number of hydrogen-bond donors (Lipinski definition) is 3. The van der Waals surface area contributed by atoms with Crippen LogP contribution in [0, 0.1) is 10.1 Å². The van der Waals surface area contributed by atoms with E-state index in [0.717, 1.165) is 15.3 Å². The Kier molecular flexibility index (Phi) is 12.8. The fourth-order valence-electron chi connectivity index (χ4n) is 4.60. The minimum absolute atomic E-state index is 0.0599. The zero-order chi connectivity index (χ0) is 35.6. The highest BCUT2D eigenvalue weighted by atomic mass is 32.1. The summed E-state index contributed by atoms with van der Waals surface area (Å²) in [5, 5.41) is 21.1. The summed E-state index contributed by atoms with van der Waals surface area (Å²) in [6, 6.07) is 13.5. The van der Waals surface area contributed by atoms with E-state index in [1.807, 2.05) is 6.07 Å². The van der Waals surface area contributed by atoms with Crippen LogP contribution in [0.2, 0.25) is 0 Å². The number of nitrogens with two attached hydrogens (primary N) is 1. The molecule has 1 aromatic heterocycles. The number of nitrogens with zero attached hydrogens (tertiary/aromatic N) is 3. The number of esters is 1. The standard InChI is InChI=1S/C29H31N5O6S.C2HF3O2/c1-3-40-26(35)16-23-15-21-17-33(13-12-25(21)41-23)29(37)24(14-18-4-10-22(11-5-18)34(38)39)32-28(36)20-8-6-19(7-9-20)27(30)31-2;3-2(4,5)1(6)7/h4-11,15,24H,3,12-14,16-17H2,1-2H3,(H2,30,31)(H,32,36);(H,6,7)/t24-;/m0./s1. The van der Waals surface area contributed by atoms with Gasteiger partial charge in [0.25, 0.3) is 11.6 Å². The molecule has 1 atom stereocenters. The maximum absolute atomic E-state index is 13.8. The van der Waals surface area contributed by atoms with E-state index in [9.17, 15) is 37.7 Å². The molecule has 2 heterocycles. The van der Waals surface area contributed by atoms with Crippen LogP contribution in [-0.2, 0) is 44.9 Å². The molecular weight excluding hydrogens is 659 g/mol. The first-order valence-corrected chi connectivity index (χ1v) is 15.2. The topological polar surface area (TPSA) is 195 Å². The number of carboxylic acids is 1. The number of nitro benzene ring substituents is 1. The van der Waals surface area contributed by atoms with E-state index < -0.39 is 29.0 Å². The van der Waals surface area contributed by atoms with Gasteiger partial charge in [0.05, 0.1) is 18.0 Å². The second-order valence-corrected chi connectivity index (χ2v) is 11.5. The predicted molar refractivity (Wildman–Crippen MR) is 169 cm³/mol. The van der Waals surface area contributed by atoms with Crippen LogP contribution in [0.15, 0.2) is 59.6 Å². The van der Waals surface area contributed by atoms with E-state index in [2.05, 4.69) is 10.3 Å². The normalized spacial score (nSPS) is 13.4. The molecular formula is C31H32F3N5O8S. The highest BCUT2D eigenvalue weighted by Gasteiger charge is 2.38. The zero-order valence-electron chi connectivity index (χ0n) is 25.8. The molecule has 2 amide bonds. The van der Waals surface area contributed by atoms with Crippen LogP contribution in [0.5, 0.6) is 0 Å². The highest BCUT2D eigenvalue weighted by molar-refractivity contribution is 7.12. The summed E-state index contributed by atoms with van der Waals surface area (Å²) in [7, 11) is 1.57. The summed E-state index contributed by atoms with van der Waals surface area (Å²) >= 11 is 1.55. The molecule has 0 bridgehead atoms. The number of fused-ring (bicyclic) bond motifs is 1. The van der Waals surface area contributed by atoms with Crippen LogP contribution in [0.1, 0.15) is 43.7 Å². The molecule has 17 heteroatoms. The molecule has 0 unspecified atom stereocenters. The molecule has 48 heavy (non-hydrogen) atoms. The summed E-state index contributed by atoms with van der Waals surface area (Å²) in [6.45, 7) is 2.89. The number of thiophene rings is 1. The molecule has 0 radical (unpaired) electrons. The van der Waals surface area contributed by atoms with Gasteiger partial charge in [-0.25, -0.2) is 4.79 Å². The Balaban J connectivity index is 0.000000804. The maximum Gasteiger partial charge on any atom is 0.490 e. The van der Waals surface area contributed by atoms with E-state index in [1.54, 1.807) is 66.6 Å². The van der Waals surface area contributed by atoms with Crippen molar-refractivity contribution in [3.8, 4) is 0 Å². The van der Waals surface area contributed by atoms with Gasteiger partial charge in [-0.3, -0.25) is 29.5 Å². The smallest absolute Gasteiger partial charge is 0.475 e. The molecule has 3 aromatic rings. The second-order valence-electron chi connectivity index (χ2n) is 10.3. The van der Waals surface area contributed by atoms with E-state index in [0.29, 0.717) is 48.6 Å². The van der Waals surface area contributed by atoms with Gasteiger partial charge in [0.2, 0.25) is 5.91 Å². The third kappa shape index (κ3) is 10.3. The SMILES string of the molecule is CCOC(=O)Cc1cc2c(s1)CCN(C(=O)[C@H](Cc1ccc([N+](=O)[O-])cc1)NC(=O)c1ccc(C(N)=NC)cc1)C2.O=C(O)C(F)(F)F. The Bertz CT molecular complexity index is 1670. The van der Waals surface area contributed by atoms with Crippen molar-refractivity contribution >= 4 is 46.6 Å². The number of aliphatic carboxylic acids is 1. The lowest BCUT2D eigenvalue weighted by Crippen LogP contribution is -2.50. The summed E-state index contributed by atoms with van der Waals surface area (Å²) in [5.41, 5.74) is 8.45. The van der Waals surface area contributed by atoms with Gasteiger partial charge in [0.15, 0.2) is 0 Å². The molecule has 2 aromatic carbocycles. The minimum Gasteiger partial charge on any atom is -0.475 e. The largest absolute Gasteiger partial charge is 0.490 e. The van der Waals surface area contributed by atoms with E-state index >= 15 is 0 Å². The molecule has 4 N–H and O–H groups in total. The van der Waals surface area contributed by atoms with Crippen LogP contribution in [0.4, 0.5) is 18.9 Å². The predicted octanol–water partition coefficient (Wildman–Crippen LogP) is 3.66. The lowest BCUT2D eigenvalue weighted by Gasteiger charge is -2.31. The first kappa shape index (κ1) is 37.1. The zero-order valence-corrected chi connectivity index (χ0v) is 26.6. The molecule has 0 saturated carbocycles. The molecule has 0 fully saturated rings. The van der Waals surface area contributed by atoms with E-state index in [-0.39, 0.29) is 30.4 Å². The number of nitrogens with one attached hydrogen (secondary N) is 1. The van der Waals surface area contributed by atoms with Gasteiger partial charge < -0.3 is 25.8 Å². The number of rotatable bonds is 10. The van der Waals surface area contributed by atoms with Gasteiger partial charge in [-0.2, -0.15) is 13.2 Å². The van der Waals surface area contributed by atoms with Crippen molar-refractivity contribution in [3.63, 3.8) is 0 Å². The van der Waals surface area contributed by atoms with Crippen molar-refractivity contribution in [1.82, 2.24) is 10.2 Å². The van der Waals surface area contributed by atoms with Crippen LogP contribution < -0.4 is 11.1 Å². The van der Waals surface area contributed by atoms with E-state index in [1.165, 1.54) is 12.1 Å². The Labute approximate surface area is 276 Å². The van der Waals surface area contributed by atoms with E-state index in [4.69, 9.17) is 20.4 Å². The molecule has 13 nitrogen and oxygen atoms in total. The number of hydrogen-bond acceptors (Lipinski definition) is 9. The molecule has 256 valence electrons. The number of carbonyl (C=O) groups is 4. The summed E-state index contributed by atoms with van der Waals surface area (Å²) in [6.07, 6.45) is -4.11. The van der Waals surface area contributed by atoms with Gasteiger partial charge in [0.1, 0.15) is 11.9 Å². The molecule has 4 rings (SSSR count). The third-order valence-electron chi connectivity index (χ3n) is 6.97. The van der Waals surface area contributed by atoms with Crippen molar-refractivity contribution in [1.29, 1.82) is 0 Å². The summed E-state index contributed by atoms with van der Waals surface area (Å²) in [4.78, 5) is 66.1.